The first kappa shape index (κ1) is 12.3. The zero-order chi connectivity index (χ0) is 6.99. The fraction of sp³-hybridized carbons (Fsp3) is 1.00. The number of nitrogens with one attached hydrogen (secondary N) is 2. The Kier molecular flexibility index (Phi) is 17.4. The molecule has 0 spiro atoms. The zero-order valence-electron chi connectivity index (χ0n) is 4.36. The summed E-state index contributed by atoms with van der Waals surface area (Å²) in [7, 11) is 0. The molecule has 0 aromatic rings. The van der Waals surface area contributed by atoms with Gasteiger partial charge in [-0.25, -0.2) is 0 Å². The van der Waals surface area contributed by atoms with E-state index in [2.05, 4.69) is 26.6 Å². The van der Waals surface area contributed by atoms with Gasteiger partial charge in [0.25, 0.3) is 0 Å². The van der Waals surface area contributed by atoms with Gasteiger partial charge in [-0.3, -0.25) is 0 Å². The van der Waals surface area contributed by atoms with Gasteiger partial charge in [0.15, 0.2) is 0 Å². The van der Waals surface area contributed by atoms with Gasteiger partial charge < -0.3 is 11.5 Å². The number of halogens is 2. The first-order valence-electron chi connectivity index (χ1n) is 1.87. The van der Waals surface area contributed by atoms with Gasteiger partial charge in [-0.2, -0.15) is 12.6 Å². The van der Waals surface area contributed by atoms with Gasteiger partial charge in [-0.05, 0) is 0 Å². The van der Waals surface area contributed by atoms with Crippen molar-refractivity contribution in [1.29, 1.82) is 0 Å². The van der Waals surface area contributed by atoms with Crippen molar-refractivity contribution in [3.63, 3.8) is 0 Å². The average Bonchev–Trinajstić information content (AvgIpc) is 1.69. The first-order chi connectivity index (χ1) is 3.68. The second-order valence-corrected chi connectivity index (χ2v) is 11.1. The summed E-state index contributed by atoms with van der Waals surface area (Å²) in [5.41, 5.74) is 13.1. The Hall–Kier alpha value is 1.57. The number of hydrogen-bond donors (Lipinski definition) is 0. The minimum absolute atomic E-state index is 0.199. The van der Waals surface area contributed by atoms with Crippen LogP contribution in [0.5, 0.6) is 0 Å². The van der Waals surface area contributed by atoms with E-state index in [-0.39, 0.29) is 27.0 Å². The molecule has 54 valence electrons. The average molecular weight is 427 g/mol. The third-order valence-electron chi connectivity index (χ3n) is 0.306. The Balaban J connectivity index is 0. The quantitative estimate of drug-likeness (QED) is 0.618. The van der Waals surface area contributed by atoms with E-state index < -0.39 is 0 Å². The molecule has 1 unspecified atom stereocenters. The molecule has 0 aromatic heterocycles. The van der Waals surface area contributed by atoms with Crippen LogP contribution in [0.15, 0.2) is 0 Å². The predicted molar refractivity (Wildman–Crippen MR) is 40.8 cm³/mol. The van der Waals surface area contributed by atoms with Crippen molar-refractivity contribution < 1.29 is 14.5 Å². The fourth-order valence-corrected chi connectivity index (χ4v) is 0. The van der Waals surface area contributed by atoms with E-state index in [0.717, 1.165) is 0 Å². The molecular weight excluding hydrogens is 419 g/mol. The molecule has 0 radical (unpaired) electrons. The van der Waals surface area contributed by atoms with Gasteiger partial charge in [-0.1, -0.05) is 6.92 Å². The summed E-state index contributed by atoms with van der Waals surface area (Å²) >= 11 is 6.56. The van der Waals surface area contributed by atoms with E-state index in [1.165, 1.54) is 0 Å². The topological polar surface area (TPSA) is 47.6 Å². The molecule has 0 rings (SSSR count). The molecule has 0 bridgehead atoms. The van der Waals surface area contributed by atoms with Crippen LogP contribution in [0.25, 0.3) is 11.5 Å². The molecule has 2 N–H and O–H groups in total. The minimum atomic E-state index is -0.199. The second kappa shape index (κ2) is 11.4. The van der Waals surface area contributed by atoms with Crippen LogP contribution in [0.4, 0.5) is 0 Å². The standard InChI is InChI=1S/C3H8N2.2BrH.Pt/c1-3(5)2-4;;;/h3-5H,2H2,1H3;2*1H;/q-2;;;+4/p-2. The summed E-state index contributed by atoms with van der Waals surface area (Å²) in [6, 6.07) is -0.199. The van der Waals surface area contributed by atoms with Crippen molar-refractivity contribution in [2.24, 2.45) is 0 Å². The predicted octanol–water partition coefficient (Wildman–Crippen LogP) is 3.17. The molecule has 1 atom stereocenters. The van der Waals surface area contributed by atoms with Crippen LogP contribution >= 0.6 is 26.6 Å². The summed E-state index contributed by atoms with van der Waals surface area (Å²) in [5.74, 6) is 0. The molecule has 0 saturated heterocycles. The van der Waals surface area contributed by atoms with Crippen LogP contribution in [0.3, 0.4) is 0 Å². The van der Waals surface area contributed by atoms with Crippen LogP contribution in [-0.4, -0.2) is 12.6 Å². The molecule has 0 fully saturated rings. The molecule has 0 heterocycles. The van der Waals surface area contributed by atoms with Gasteiger partial charge in [0.2, 0.25) is 0 Å². The summed E-state index contributed by atoms with van der Waals surface area (Å²) < 4.78 is 0. The summed E-state index contributed by atoms with van der Waals surface area (Å²) in [6.07, 6.45) is 0. The molecule has 8 heavy (non-hydrogen) atoms. The van der Waals surface area contributed by atoms with E-state index in [4.69, 9.17) is 11.5 Å². The van der Waals surface area contributed by atoms with Gasteiger partial charge in [0.1, 0.15) is 0 Å². The third-order valence-corrected chi connectivity index (χ3v) is 0.306. The van der Waals surface area contributed by atoms with Crippen molar-refractivity contribution in [1.82, 2.24) is 0 Å². The molecule has 0 aliphatic carbocycles. The summed E-state index contributed by atoms with van der Waals surface area (Å²) in [6.45, 7) is 1.92. The SMILES string of the molecule is CC([NH-])C[NH-].[Br][Pt+2][Br]. The Morgan fingerprint density at radius 1 is 1.62 bits per heavy atom. The Labute approximate surface area is 71.6 Å². The van der Waals surface area contributed by atoms with Crippen LogP contribution in [0, 0.1) is 0 Å². The van der Waals surface area contributed by atoms with E-state index in [9.17, 15) is 0 Å². The monoisotopic (exact) mass is 425 g/mol. The van der Waals surface area contributed by atoms with Crippen molar-refractivity contribution in [2.75, 3.05) is 6.54 Å². The van der Waals surface area contributed by atoms with Crippen molar-refractivity contribution >= 4 is 26.6 Å². The molecule has 0 aromatic carbocycles. The molecule has 0 aliphatic rings. The Morgan fingerprint density at radius 3 is 1.75 bits per heavy atom. The van der Waals surface area contributed by atoms with Crippen molar-refractivity contribution in [3.8, 4) is 0 Å². The molecular formula is C3H8Br2N2Pt. The second-order valence-electron chi connectivity index (χ2n) is 1.15. The molecule has 0 aliphatic heterocycles. The third kappa shape index (κ3) is 25.6. The maximum atomic E-state index is 6.64. The van der Waals surface area contributed by atoms with Crippen molar-refractivity contribution in [3.05, 3.63) is 11.5 Å². The van der Waals surface area contributed by atoms with E-state index in [1.807, 2.05) is 0 Å². The first-order valence-corrected chi connectivity index (χ1v) is 11.8. The van der Waals surface area contributed by atoms with Crippen LogP contribution in [-0.2, 0) is 14.5 Å². The Bertz CT molecular complexity index is 36.5. The Morgan fingerprint density at radius 2 is 1.75 bits per heavy atom. The van der Waals surface area contributed by atoms with Crippen LogP contribution < -0.4 is 0 Å². The van der Waals surface area contributed by atoms with Gasteiger partial charge in [0.05, 0.1) is 0 Å². The fourth-order valence-electron chi connectivity index (χ4n) is 0. The van der Waals surface area contributed by atoms with E-state index >= 15 is 0 Å². The normalized spacial score (nSPS) is 12.1. The molecule has 5 heteroatoms. The van der Waals surface area contributed by atoms with Gasteiger partial charge in [0, 0.05) is 0 Å². The maximum absolute atomic E-state index is 6.64. The van der Waals surface area contributed by atoms with Gasteiger partial charge >= 0.3 is 41.0 Å². The number of hydrogen-bond acceptors (Lipinski definition) is 0. The summed E-state index contributed by atoms with van der Waals surface area (Å²) in [4.78, 5) is 0. The van der Waals surface area contributed by atoms with Crippen LogP contribution in [0.2, 0.25) is 0 Å². The van der Waals surface area contributed by atoms with E-state index in [1.54, 1.807) is 6.92 Å². The van der Waals surface area contributed by atoms with Crippen LogP contribution in [0.1, 0.15) is 6.92 Å². The van der Waals surface area contributed by atoms with E-state index in [0.29, 0.717) is 0 Å². The molecule has 2 nitrogen and oxygen atoms in total. The molecule has 0 saturated carbocycles. The number of rotatable bonds is 1. The van der Waals surface area contributed by atoms with Crippen molar-refractivity contribution in [2.45, 2.75) is 13.0 Å². The van der Waals surface area contributed by atoms with Gasteiger partial charge in [-0.15, -0.1) is 0 Å². The summed E-state index contributed by atoms with van der Waals surface area (Å²) in [5, 5.41) is 0. The molecule has 0 amide bonds. The zero-order valence-corrected chi connectivity index (χ0v) is 9.80.